The summed E-state index contributed by atoms with van der Waals surface area (Å²) in [5.41, 5.74) is 5.52. The van der Waals surface area contributed by atoms with Crippen LogP contribution in [0, 0.1) is 0 Å². The van der Waals surface area contributed by atoms with Gasteiger partial charge in [-0.1, -0.05) is 12.1 Å². The summed E-state index contributed by atoms with van der Waals surface area (Å²) in [5.74, 6) is 1.90. The third kappa shape index (κ3) is 4.83. The second-order valence-corrected chi connectivity index (χ2v) is 5.54. The number of aryl methyl sites for hydroxylation is 1. The molecule has 3 rings (SSSR count). The first-order valence-electron chi connectivity index (χ1n) is 7.54. The number of benzene rings is 1. The minimum Gasteiger partial charge on any atom is -0.370 e. The number of aromatic nitrogens is 3. The normalized spacial score (nSPS) is 14.1. The van der Waals surface area contributed by atoms with E-state index in [0.29, 0.717) is 12.1 Å². The Balaban J connectivity index is 0.00000225. The average molecular weight is 466 g/mol. The number of nitrogens with one attached hydrogen (secondary N) is 1. The summed E-state index contributed by atoms with van der Waals surface area (Å²) >= 11 is 0. The minimum atomic E-state index is -4.36. The van der Waals surface area contributed by atoms with Gasteiger partial charge in [0.25, 0.3) is 0 Å². The van der Waals surface area contributed by atoms with E-state index in [4.69, 9.17) is 5.73 Å². The molecule has 0 saturated heterocycles. The fourth-order valence-electron chi connectivity index (χ4n) is 2.59. The number of hydrogen-bond acceptors (Lipinski definition) is 3. The number of hydrogen-bond donors (Lipinski definition) is 2. The van der Waals surface area contributed by atoms with E-state index in [1.807, 2.05) is 4.57 Å². The molecule has 136 valence electrons. The van der Waals surface area contributed by atoms with Gasteiger partial charge in [0, 0.05) is 13.0 Å². The minimum absolute atomic E-state index is 0. The van der Waals surface area contributed by atoms with Gasteiger partial charge >= 0.3 is 6.18 Å². The molecule has 2 aromatic rings. The Morgan fingerprint density at radius 1 is 1.32 bits per heavy atom. The maximum Gasteiger partial charge on any atom is 0.416 e. The predicted molar refractivity (Wildman–Crippen MR) is 97.4 cm³/mol. The largest absolute Gasteiger partial charge is 0.416 e. The maximum atomic E-state index is 12.7. The first kappa shape index (κ1) is 19.5. The summed E-state index contributed by atoms with van der Waals surface area (Å²) < 4.78 is 40.0. The molecule has 0 atom stereocenters. The van der Waals surface area contributed by atoms with E-state index in [1.165, 1.54) is 6.07 Å². The summed E-state index contributed by atoms with van der Waals surface area (Å²) in [6.07, 6.45) is -2.39. The van der Waals surface area contributed by atoms with Gasteiger partial charge in [0.2, 0.25) is 0 Å². The molecule has 1 aliphatic rings. The summed E-state index contributed by atoms with van der Waals surface area (Å²) in [4.78, 5) is 4.07. The number of nitrogens with two attached hydrogens (primary N) is 1. The first-order chi connectivity index (χ1) is 11.4. The smallest absolute Gasteiger partial charge is 0.370 e. The molecule has 0 spiro atoms. The van der Waals surface area contributed by atoms with Crippen molar-refractivity contribution in [1.82, 2.24) is 20.1 Å². The van der Waals surface area contributed by atoms with Crippen molar-refractivity contribution < 1.29 is 13.2 Å². The Morgan fingerprint density at radius 2 is 2.12 bits per heavy atom. The van der Waals surface area contributed by atoms with Crippen molar-refractivity contribution in [3.05, 3.63) is 47.0 Å². The van der Waals surface area contributed by atoms with Crippen molar-refractivity contribution in [1.29, 1.82) is 0 Å². The van der Waals surface area contributed by atoms with Gasteiger partial charge in [-0.15, -0.1) is 34.2 Å². The summed E-state index contributed by atoms with van der Waals surface area (Å²) in [6, 6.07) is 5.04. The quantitative estimate of drug-likeness (QED) is 0.412. The summed E-state index contributed by atoms with van der Waals surface area (Å²) in [6.45, 7) is 1.34. The zero-order valence-corrected chi connectivity index (χ0v) is 15.6. The molecule has 1 aromatic heterocycles. The number of alkyl halides is 3. The van der Waals surface area contributed by atoms with Crippen molar-refractivity contribution in [2.75, 3.05) is 0 Å². The van der Waals surface area contributed by atoms with Crippen LogP contribution in [-0.4, -0.2) is 20.7 Å². The third-order valence-electron chi connectivity index (χ3n) is 3.80. The van der Waals surface area contributed by atoms with Gasteiger partial charge in [-0.05, 0) is 24.1 Å². The number of nitrogens with zero attached hydrogens (tertiary/aromatic N) is 4. The van der Waals surface area contributed by atoms with Gasteiger partial charge in [0.1, 0.15) is 5.82 Å². The van der Waals surface area contributed by atoms with Gasteiger partial charge in [0.05, 0.1) is 18.7 Å². The molecule has 0 radical (unpaired) electrons. The maximum absolute atomic E-state index is 12.7. The molecule has 1 aromatic carbocycles. The van der Waals surface area contributed by atoms with Gasteiger partial charge < -0.3 is 15.6 Å². The van der Waals surface area contributed by atoms with E-state index in [9.17, 15) is 13.2 Å². The molecule has 0 saturated carbocycles. The fourth-order valence-corrected chi connectivity index (χ4v) is 2.59. The zero-order chi connectivity index (χ0) is 17.2. The molecule has 0 fully saturated rings. The van der Waals surface area contributed by atoms with E-state index in [-0.39, 0.29) is 36.5 Å². The SMILES string of the molecule is I.NC(=NCc1cccc(C(F)(F)F)c1)NCc1nnc2n1CCC2. The average Bonchev–Trinajstić information content (AvgIpc) is 3.14. The van der Waals surface area contributed by atoms with Gasteiger partial charge in [0.15, 0.2) is 11.8 Å². The second-order valence-electron chi connectivity index (χ2n) is 5.54. The fraction of sp³-hybridized carbons (Fsp3) is 0.400. The highest BCUT2D eigenvalue weighted by atomic mass is 127. The van der Waals surface area contributed by atoms with E-state index < -0.39 is 11.7 Å². The monoisotopic (exact) mass is 466 g/mol. The third-order valence-corrected chi connectivity index (χ3v) is 3.80. The molecule has 0 amide bonds. The standard InChI is InChI=1S/C15H17F3N6.HI/c16-15(17,18)11-4-1-3-10(7-11)8-20-14(19)21-9-13-23-22-12-5-2-6-24(12)13;/h1,3-4,7H,2,5-6,8-9H2,(H3,19,20,21);1H. The molecule has 10 heteroatoms. The van der Waals surface area contributed by atoms with Crippen molar-refractivity contribution in [2.24, 2.45) is 10.7 Å². The molecular formula is C15H18F3IN6. The first-order valence-corrected chi connectivity index (χ1v) is 7.54. The Morgan fingerprint density at radius 3 is 2.88 bits per heavy atom. The Kier molecular flexibility index (Phi) is 6.25. The van der Waals surface area contributed by atoms with Crippen molar-refractivity contribution in [3.63, 3.8) is 0 Å². The lowest BCUT2D eigenvalue weighted by Gasteiger charge is -2.08. The molecule has 6 nitrogen and oxygen atoms in total. The zero-order valence-electron chi connectivity index (χ0n) is 13.3. The van der Waals surface area contributed by atoms with Crippen LogP contribution in [0.4, 0.5) is 13.2 Å². The molecule has 0 aliphatic carbocycles. The lowest BCUT2D eigenvalue weighted by atomic mass is 10.1. The predicted octanol–water partition coefficient (Wildman–Crippen LogP) is 2.47. The molecule has 0 unspecified atom stereocenters. The van der Waals surface area contributed by atoms with Crippen LogP contribution in [-0.2, 0) is 32.2 Å². The van der Waals surface area contributed by atoms with Crippen LogP contribution < -0.4 is 11.1 Å². The van der Waals surface area contributed by atoms with E-state index in [0.717, 1.165) is 43.2 Å². The molecule has 25 heavy (non-hydrogen) atoms. The van der Waals surface area contributed by atoms with Gasteiger partial charge in [-0.25, -0.2) is 4.99 Å². The Hall–Kier alpha value is -1.85. The topological polar surface area (TPSA) is 81.1 Å². The number of rotatable bonds is 4. The van der Waals surface area contributed by atoms with Crippen LogP contribution in [0.5, 0.6) is 0 Å². The van der Waals surface area contributed by atoms with Gasteiger partial charge in [-0.2, -0.15) is 13.2 Å². The molecule has 3 N–H and O–H groups in total. The van der Waals surface area contributed by atoms with Gasteiger partial charge in [-0.3, -0.25) is 0 Å². The van der Waals surface area contributed by atoms with Crippen molar-refractivity contribution in [3.8, 4) is 0 Å². The van der Waals surface area contributed by atoms with Crippen LogP contribution in [0.3, 0.4) is 0 Å². The highest BCUT2D eigenvalue weighted by Crippen LogP contribution is 2.29. The van der Waals surface area contributed by atoms with E-state index in [2.05, 4.69) is 20.5 Å². The number of fused-ring (bicyclic) bond motifs is 1. The highest BCUT2D eigenvalue weighted by Gasteiger charge is 2.30. The van der Waals surface area contributed by atoms with E-state index >= 15 is 0 Å². The van der Waals surface area contributed by atoms with Crippen LogP contribution in [0.25, 0.3) is 0 Å². The molecule has 0 bridgehead atoms. The van der Waals surface area contributed by atoms with Crippen LogP contribution in [0.2, 0.25) is 0 Å². The number of guanidine groups is 1. The molecule has 2 heterocycles. The van der Waals surface area contributed by atoms with Crippen LogP contribution in [0.15, 0.2) is 29.3 Å². The van der Waals surface area contributed by atoms with Crippen LogP contribution in [0.1, 0.15) is 29.2 Å². The highest BCUT2D eigenvalue weighted by molar-refractivity contribution is 14.0. The van der Waals surface area contributed by atoms with E-state index in [1.54, 1.807) is 6.07 Å². The van der Waals surface area contributed by atoms with Crippen molar-refractivity contribution >= 4 is 29.9 Å². The Labute approximate surface area is 159 Å². The number of halogens is 4. The lowest BCUT2D eigenvalue weighted by Crippen LogP contribution is -2.32. The Bertz CT molecular complexity index is 756. The number of aliphatic imine (C=N–C) groups is 1. The van der Waals surface area contributed by atoms with Crippen molar-refractivity contribution in [2.45, 2.75) is 38.7 Å². The summed E-state index contributed by atoms with van der Waals surface area (Å²) in [5, 5.41) is 11.1. The molecule has 1 aliphatic heterocycles. The summed E-state index contributed by atoms with van der Waals surface area (Å²) in [7, 11) is 0. The molecular weight excluding hydrogens is 448 g/mol. The lowest BCUT2D eigenvalue weighted by molar-refractivity contribution is -0.137. The van der Waals surface area contributed by atoms with Crippen LogP contribution >= 0.6 is 24.0 Å². The second kappa shape index (κ2) is 8.02.